The Morgan fingerprint density at radius 3 is 2.58 bits per heavy atom. The van der Waals surface area contributed by atoms with Crippen LogP contribution in [0, 0.1) is 13.8 Å². The molecule has 0 aliphatic carbocycles. The van der Waals surface area contributed by atoms with Gasteiger partial charge in [0.1, 0.15) is 5.82 Å². The van der Waals surface area contributed by atoms with Crippen molar-refractivity contribution in [3.8, 4) is 0 Å². The Morgan fingerprint density at radius 2 is 2.00 bits per heavy atom. The fourth-order valence-corrected chi connectivity index (χ4v) is 2.27. The molecule has 0 saturated heterocycles. The highest BCUT2D eigenvalue weighted by Crippen LogP contribution is 2.27. The molecular weight excluding hydrogens is 234 g/mol. The van der Waals surface area contributed by atoms with Gasteiger partial charge in [-0.2, -0.15) is 0 Å². The van der Waals surface area contributed by atoms with Crippen LogP contribution in [0.1, 0.15) is 23.6 Å². The fraction of sp³-hybridized carbons (Fsp3) is 0.312. The van der Waals surface area contributed by atoms with Gasteiger partial charge in [0, 0.05) is 25.0 Å². The van der Waals surface area contributed by atoms with Crippen LogP contribution in [0.3, 0.4) is 0 Å². The quantitative estimate of drug-likeness (QED) is 0.911. The Morgan fingerprint density at radius 1 is 1.21 bits per heavy atom. The first kappa shape index (κ1) is 13.6. The molecule has 0 aliphatic rings. The second-order valence-corrected chi connectivity index (χ2v) is 4.77. The minimum Gasteiger partial charge on any atom is -0.326 e. The summed E-state index contributed by atoms with van der Waals surface area (Å²) in [5, 5.41) is 0. The van der Waals surface area contributed by atoms with E-state index in [-0.39, 0.29) is 0 Å². The van der Waals surface area contributed by atoms with Crippen molar-refractivity contribution in [3.63, 3.8) is 0 Å². The number of hydrogen-bond donors (Lipinski definition) is 1. The molecule has 2 rings (SSSR count). The highest BCUT2D eigenvalue weighted by molar-refractivity contribution is 5.63. The van der Waals surface area contributed by atoms with E-state index in [0.29, 0.717) is 6.54 Å². The van der Waals surface area contributed by atoms with Crippen molar-refractivity contribution in [1.29, 1.82) is 0 Å². The number of nitrogens with zero attached hydrogens (tertiary/aromatic N) is 2. The van der Waals surface area contributed by atoms with Crippen LogP contribution < -0.4 is 10.6 Å². The number of nitrogens with two attached hydrogens (primary N) is 1. The Labute approximate surface area is 115 Å². The molecule has 1 aromatic carbocycles. The lowest BCUT2D eigenvalue weighted by Gasteiger charge is -2.24. The third-order valence-corrected chi connectivity index (χ3v) is 3.23. The predicted octanol–water partition coefficient (Wildman–Crippen LogP) is 3.32. The van der Waals surface area contributed by atoms with Gasteiger partial charge in [-0.05, 0) is 55.7 Å². The van der Waals surface area contributed by atoms with Crippen LogP contribution in [0.25, 0.3) is 0 Å². The van der Waals surface area contributed by atoms with Gasteiger partial charge in [-0.25, -0.2) is 4.98 Å². The number of hydrogen-bond acceptors (Lipinski definition) is 3. The highest BCUT2D eigenvalue weighted by atomic mass is 15.2. The van der Waals surface area contributed by atoms with Gasteiger partial charge < -0.3 is 10.6 Å². The first-order valence-electron chi connectivity index (χ1n) is 6.65. The van der Waals surface area contributed by atoms with E-state index in [0.717, 1.165) is 23.5 Å². The average molecular weight is 255 g/mol. The van der Waals surface area contributed by atoms with E-state index in [1.807, 2.05) is 6.20 Å². The van der Waals surface area contributed by atoms with Crippen LogP contribution in [0.4, 0.5) is 11.5 Å². The van der Waals surface area contributed by atoms with Crippen molar-refractivity contribution in [2.75, 3.05) is 11.4 Å². The number of pyridine rings is 1. The largest absolute Gasteiger partial charge is 0.326 e. The Kier molecular flexibility index (Phi) is 4.17. The smallest absolute Gasteiger partial charge is 0.135 e. The molecule has 0 fully saturated rings. The fourth-order valence-electron chi connectivity index (χ4n) is 2.27. The molecule has 2 aromatic rings. The molecule has 0 spiro atoms. The molecule has 0 bridgehead atoms. The third-order valence-electron chi connectivity index (χ3n) is 3.23. The second-order valence-electron chi connectivity index (χ2n) is 4.77. The first-order chi connectivity index (χ1) is 9.15. The molecule has 1 heterocycles. The van der Waals surface area contributed by atoms with E-state index in [4.69, 9.17) is 5.73 Å². The molecule has 19 heavy (non-hydrogen) atoms. The van der Waals surface area contributed by atoms with Crippen molar-refractivity contribution in [1.82, 2.24) is 4.98 Å². The molecule has 1 aromatic heterocycles. The van der Waals surface area contributed by atoms with Gasteiger partial charge in [-0.1, -0.05) is 12.1 Å². The topological polar surface area (TPSA) is 42.2 Å². The van der Waals surface area contributed by atoms with Gasteiger partial charge in [-0.15, -0.1) is 0 Å². The summed E-state index contributed by atoms with van der Waals surface area (Å²) >= 11 is 0. The standard InChI is InChI=1S/C16H21N3/c1-4-19(15-7-5-6-12(2)8-15)16-13(3)9-14(10-17)11-18-16/h5-9,11H,4,10,17H2,1-3H3. The molecule has 3 nitrogen and oxygen atoms in total. The predicted molar refractivity (Wildman–Crippen MR) is 80.7 cm³/mol. The summed E-state index contributed by atoms with van der Waals surface area (Å²) in [6.45, 7) is 7.75. The second kappa shape index (κ2) is 5.85. The van der Waals surface area contributed by atoms with Gasteiger partial charge in [0.15, 0.2) is 0 Å². The molecule has 0 aliphatic heterocycles. The summed E-state index contributed by atoms with van der Waals surface area (Å²) < 4.78 is 0. The zero-order chi connectivity index (χ0) is 13.8. The zero-order valence-electron chi connectivity index (χ0n) is 11.9. The highest BCUT2D eigenvalue weighted by Gasteiger charge is 2.11. The summed E-state index contributed by atoms with van der Waals surface area (Å²) in [7, 11) is 0. The van der Waals surface area contributed by atoms with E-state index in [1.54, 1.807) is 0 Å². The lowest BCUT2D eigenvalue weighted by atomic mass is 10.1. The molecule has 0 amide bonds. The number of rotatable bonds is 4. The van der Waals surface area contributed by atoms with Crippen LogP contribution in [0.15, 0.2) is 36.5 Å². The van der Waals surface area contributed by atoms with E-state index in [1.165, 1.54) is 11.3 Å². The molecule has 0 unspecified atom stereocenters. The van der Waals surface area contributed by atoms with Crippen LogP contribution in [0.2, 0.25) is 0 Å². The summed E-state index contributed by atoms with van der Waals surface area (Å²) in [5.74, 6) is 1.00. The van der Waals surface area contributed by atoms with Gasteiger partial charge in [-0.3, -0.25) is 0 Å². The summed E-state index contributed by atoms with van der Waals surface area (Å²) in [4.78, 5) is 6.80. The third kappa shape index (κ3) is 2.93. The molecular formula is C16H21N3. The van der Waals surface area contributed by atoms with Gasteiger partial charge in [0.25, 0.3) is 0 Å². The monoisotopic (exact) mass is 255 g/mol. The average Bonchev–Trinajstić information content (AvgIpc) is 2.41. The van der Waals surface area contributed by atoms with Crippen molar-refractivity contribution in [3.05, 3.63) is 53.2 Å². The number of benzene rings is 1. The van der Waals surface area contributed by atoms with E-state index < -0.39 is 0 Å². The Hall–Kier alpha value is -1.87. The maximum absolute atomic E-state index is 5.65. The van der Waals surface area contributed by atoms with Crippen molar-refractivity contribution in [2.24, 2.45) is 5.73 Å². The number of anilines is 2. The van der Waals surface area contributed by atoms with Crippen molar-refractivity contribution >= 4 is 11.5 Å². The maximum atomic E-state index is 5.65. The van der Waals surface area contributed by atoms with E-state index in [2.05, 4.69) is 61.0 Å². The first-order valence-corrected chi connectivity index (χ1v) is 6.65. The van der Waals surface area contributed by atoms with Crippen molar-refractivity contribution < 1.29 is 0 Å². The summed E-state index contributed by atoms with van der Waals surface area (Å²) in [6.07, 6.45) is 1.86. The minimum atomic E-state index is 0.532. The van der Waals surface area contributed by atoms with Crippen LogP contribution in [-0.4, -0.2) is 11.5 Å². The minimum absolute atomic E-state index is 0.532. The Bertz CT molecular complexity index is 564. The number of aromatic nitrogens is 1. The molecule has 100 valence electrons. The Balaban J connectivity index is 2.42. The van der Waals surface area contributed by atoms with E-state index in [9.17, 15) is 0 Å². The van der Waals surface area contributed by atoms with Crippen molar-refractivity contribution in [2.45, 2.75) is 27.3 Å². The van der Waals surface area contributed by atoms with Gasteiger partial charge in [0.05, 0.1) is 0 Å². The normalized spacial score (nSPS) is 10.5. The van der Waals surface area contributed by atoms with Gasteiger partial charge >= 0.3 is 0 Å². The molecule has 0 radical (unpaired) electrons. The molecule has 0 atom stereocenters. The van der Waals surface area contributed by atoms with Gasteiger partial charge in [0.2, 0.25) is 0 Å². The lowest BCUT2D eigenvalue weighted by molar-refractivity contribution is 0.961. The lowest BCUT2D eigenvalue weighted by Crippen LogP contribution is -2.19. The maximum Gasteiger partial charge on any atom is 0.135 e. The zero-order valence-corrected chi connectivity index (χ0v) is 11.9. The SMILES string of the molecule is CCN(c1cccc(C)c1)c1ncc(CN)cc1C. The summed E-state index contributed by atoms with van der Waals surface area (Å²) in [6, 6.07) is 10.6. The van der Waals surface area contributed by atoms with E-state index >= 15 is 0 Å². The van der Waals surface area contributed by atoms with Crippen LogP contribution >= 0.6 is 0 Å². The molecule has 2 N–H and O–H groups in total. The summed E-state index contributed by atoms with van der Waals surface area (Å²) in [5.41, 5.74) is 10.3. The number of aryl methyl sites for hydroxylation is 2. The van der Waals surface area contributed by atoms with Crippen LogP contribution in [0.5, 0.6) is 0 Å². The molecule has 0 saturated carbocycles. The van der Waals surface area contributed by atoms with Crippen LogP contribution in [-0.2, 0) is 6.54 Å². The molecule has 3 heteroatoms.